The first-order valence-electron chi connectivity index (χ1n) is 4.21. The first kappa shape index (κ1) is 13.8. The van der Waals surface area contributed by atoms with Gasteiger partial charge in [-0.05, 0) is 5.46 Å². The zero-order chi connectivity index (χ0) is 13.1. The summed E-state index contributed by atoms with van der Waals surface area (Å²) in [7, 11) is -2.57. The van der Waals surface area contributed by atoms with Gasteiger partial charge in [0.05, 0.1) is 0 Å². The molecule has 0 radical (unpaired) electrons. The monoisotopic (exact) mass is 258 g/mol. The van der Waals surface area contributed by atoms with Crippen molar-refractivity contribution in [1.29, 1.82) is 0 Å². The van der Waals surface area contributed by atoms with Gasteiger partial charge in [0.1, 0.15) is 0 Å². The number of halogens is 6. The molecule has 9 heteroatoms. The molecule has 17 heavy (non-hydrogen) atoms. The third kappa shape index (κ3) is 5.59. The van der Waals surface area contributed by atoms with E-state index in [-0.39, 0.29) is 5.46 Å². The fraction of sp³-hybridized carbons (Fsp3) is 0.250. The van der Waals surface area contributed by atoms with Crippen LogP contribution in [0.5, 0.6) is 0 Å². The molecule has 0 aliphatic rings. The molecular formula is C8H5BF6O2. The van der Waals surface area contributed by atoms with Gasteiger partial charge in [-0.15, -0.1) is 26.3 Å². The number of benzene rings is 1. The molecule has 1 rings (SSSR count). The molecule has 0 atom stereocenters. The highest BCUT2D eigenvalue weighted by Crippen LogP contribution is 2.23. The Morgan fingerprint density at radius 1 is 0.765 bits per heavy atom. The molecule has 2 nitrogen and oxygen atoms in total. The molecule has 0 spiro atoms. The van der Waals surface area contributed by atoms with Crippen LogP contribution in [-0.4, -0.2) is 19.8 Å². The largest absolute Gasteiger partial charge is 0.510 e. The molecule has 0 unspecified atom stereocenters. The summed E-state index contributed by atoms with van der Waals surface area (Å²) in [4.78, 5) is 0. The smallest absolute Gasteiger partial charge is 0.319 e. The molecular weight excluding hydrogens is 253 g/mol. The lowest BCUT2D eigenvalue weighted by molar-refractivity contribution is -0.315. The Labute approximate surface area is 92.3 Å². The summed E-state index contributed by atoms with van der Waals surface area (Å²) < 4.78 is 77.9. The van der Waals surface area contributed by atoms with Crippen LogP contribution in [0, 0.1) is 0 Å². The van der Waals surface area contributed by atoms with Crippen LogP contribution in [0.4, 0.5) is 26.3 Å². The lowest BCUT2D eigenvalue weighted by atomic mass is 9.79. The molecule has 0 aromatic heterocycles. The second-order valence-electron chi connectivity index (χ2n) is 2.87. The second kappa shape index (κ2) is 4.97. The van der Waals surface area contributed by atoms with Crippen molar-refractivity contribution in [2.75, 3.05) is 0 Å². The average Bonchev–Trinajstić information content (AvgIpc) is 2.14. The third-order valence-electron chi connectivity index (χ3n) is 1.55. The van der Waals surface area contributed by atoms with E-state index >= 15 is 0 Å². The molecule has 0 bridgehead atoms. The maximum Gasteiger partial charge on any atom is 0.510 e. The quantitative estimate of drug-likeness (QED) is 0.612. The van der Waals surface area contributed by atoms with Crippen molar-refractivity contribution in [1.82, 2.24) is 0 Å². The predicted octanol–water partition coefficient (Wildman–Crippen LogP) is 2.45. The normalized spacial score (nSPS) is 12.6. The van der Waals surface area contributed by atoms with Gasteiger partial charge in [-0.25, -0.2) is 0 Å². The minimum Gasteiger partial charge on any atom is -0.319 e. The zero-order valence-electron chi connectivity index (χ0n) is 8.05. The Hall–Kier alpha value is -1.22. The van der Waals surface area contributed by atoms with E-state index in [0.29, 0.717) is 0 Å². The first-order chi connectivity index (χ1) is 7.67. The van der Waals surface area contributed by atoms with Crippen molar-refractivity contribution in [2.24, 2.45) is 0 Å². The fourth-order valence-corrected chi connectivity index (χ4v) is 1.01. The van der Waals surface area contributed by atoms with Gasteiger partial charge in [-0.3, -0.25) is 0 Å². The van der Waals surface area contributed by atoms with Crippen molar-refractivity contribution in [3.05, 3.63) is 30.3 Å². The van der Waals surface area contributed by atoms with Gasteiger partial charge in [0, 0.05) is 0 Å². The Morgan fingerprint density at radius 2 is 1.18 bits per heavy atom. The molecule has 0 heterocycles. The number of hydrogen-bond donors (Lipinski definition) is 0. The number of rotatable bonds is 3. The van der Waals surface area contributed by atoms with Crippen LogP contribution in [0.3, 0.4) is 0 Å². The Balaban J connectivity index is 2.87. The molecule has 0 aliphatic carbocycles. The molecule has 94 valence electrons. The molecule has 1 aromatic rings. The summed E-state index contributed by atoms with van der Waals surface area (Å²) in [5, 5.41) is 0. The van der Waals surface area contributed by atoms with Crippen LogP contribution in [0.15, 0.2) is 30.3 Å². The zero-order valence-corrected chi connectivity index (χ0v) is 8.05. The SMILES string of the molecule is FC(F)(F)OB(OC(F)(F)F)c1ccccc1. The first-order valence-corrected chi connectivity index (χ1v) is 4.21. The molecule has 0 fully saturated rings. The van der Waals surface area contributed by atoms with Crippen LogP contribution >= 0.6 is 0 Å². The number of hydrogen-bond acceptors (Lipinski definition) is 2. The van der Waals surface area contributed by atoms with E-state index in [2.05, 4.69) is 9.31 Å². The van der Waals surface area contributed by atoms with E-state index in [1.807, 2.05) is 0 Å². The van der Waals surface area contributed by atoms with Gasteiger partial charge in [0.15, 0.2) is 0 Å². The van der Waals surface area contributed by atoms with Crippen LogP contribution in [-0.2, 0) is 9.31 Å². The summed E-state index contributed by atoms with van der Waals surface area (Å²) in [5.74, 6) is 0. The van der Waals surface area contributed by atoms with Crippen molar-refractivity contribution in [3.63, 3.8) is 0 Å². The third-order valence-corrected chi connectivity index (χ3v) is 1.55. The molecule has 0 aliphatic heterocycles. The van der Waals surface area contributed by atoms with Crippen molar-refractivity contribution >= 4 is 12.6 Å². The highest BCUT2D eigenvalue weighted by Gasteiger charge is 2.44. The standard InChI is InChI=1S/C8H5BF6O2/c10-7(11,12)16-9(17-8(13,14)15)6-4-2-1-3-5-6/h1-5H. The topological polar surface area (TPSA) is 18.5 Å². The maximum absolute atomic E-state index is 11.9. The molecule has 0 saturated carbocycles. The molecule has 0 N–H and O–H groups in total. The van der Waals surface area contributed by atoms with E-state index in [0.717, 1.165) is 12.1 Å². The maximum atomic E-state index is 11.9. The predicted molar refractivity (Wildman–Crippen MR) is 46.1 cm³/mol. The Morgan fingerprint density at radius 3 is 1.53 bits per heavy atom. The minimum atomic E-state index is -5.23. The highest BCUT2D eigenvalue weighted by molar-refractivity contribution is 6.61. The average molecular weight is 258 g/mol. The van der Waals surface area contributed by atoms with Crippen LogP contribution < -0.4 is 5.46 Å². The van der Waals surface area contributed by atoms with E-state index in [1.54, 1.807) is 0 Å². The summed E-state index contributed by atoms with van der Waals surface area (Å²) in [5.41, 5.74) is -0.387. The Kier molecular flexibility index (Phi) is 4.05. The lowest BCUT2D eigenvalue weighted by Crippen LogP contribution is -2.44. The number of alkyl halides is 6. The van der Waals surface area contributed by atoms with Crippen LogP contribution in [0.1, 0.15) is 0 Å². The molecule has 0 amide bonds. The van der Waals surface area contributed by atoms with E-state index in [4.69, 9.17) is 0 Å². The van der Waals surface area contributed by atoms with Crippen LogP contribution in [0.2, 0.25) is 0 Å². The van der Waals surface area contributed by atoms with E-state index < -0.39 is 19.8 Å². The summed E-state index contributed by atoms with van der Waals surface area (Å²) in [6.45, 7) is 0. The van der Waals surface area contributed by atoms with Crippen LogP contribution in [0.25, 0.3) is 0 Å². The minimum absolute atomic E-state index is 0.387. The summed E-state index contributed by atoms with van der Waals surface area (Å²) >= 11 is 0. The lowest BCUT2D eigenvalue weighted by Gasteiger charge is -2.17. The van der Waals surface area contributed by atoms with Gasteiger partial charge < -0.3 is 9.31 Å². The van der Waals surface area contributed by atoms with Crippen molar-refractivity contribution in [2.45, 2.75) is 12.7 Å². The van der Waals surface area contributed by atoms with E-state index in [1.165, 1.54) is 18.2 Å². The van der Waals surface area contributed by atoms with Crippen molar-refractivity contribution in [3.8, 4) is 0 Å². The summed E-state index contributed by atoms with van der Waals surface area (Å²) in [6.07, 6.45) is -10.5. The van der Waals surface area contributed by atoms with Gasteiger partial charge >= 0.3 is 19.8 Å². The molecule has 0 saturated heterocycles. The van der Waals surface area contributed by atoms with Gasteiger partial charge in [0.2, 0.25) is 0 Å². The van der Waals surface area contributed by atoms with Gasteiger partial charge in [-0.1, -0.05) is 30.3 Å². The molecule has 1 aromatic carbocycles. The highest BCUT2D eigenvalue weighted by atomic mass is 19.4. The van der Waals surface area contributed by atoms with Gasteiger partial charge in [-0.2, -0.15) is 0 Å². The second-order valence-corrected chi connectivity index (χ2v) is 2.87. The van der Waals surface area contributed by atoms with Crippen molar-refractivity contribution < 1.29 is 35.7 Å². The fourth-order valence-electron chi connectivity index (χ4n) is 1.01. The van der Waals surface area contributed by atoms with Gasteiger partial charge in [0.25, 0.3) is 0 Å². The van der Waals surface area contributed by atoms with E-state index in [9.17, 15) is 26.3 Å². The Bertz CT molecular complexity index is 333. The summed E-state index contributed by atoms with van der Waals surface area (Å²) in [6, 6.07) is 6.02.